The van der Waals surface area contributed by atoms with Gasteiger partial charge in [-0.05, 0) is 32.8 Å². The molecule has 0 saturated carbocycles. The number of amides is 2. The van der Waals surface area contributed by atoms with Gasteiger partial charge in [0.2, 0.25) is 11.8 Å². The molecule has 0 radical (unpaired) electrons. The highest BCUT2D eigenvalue weighted by atomic mass is 16.2. The molecule has 0 aliphatic carbocycles. The van der Waals surface area contributed by atoms with E-state index >= 15 is 0 Å². The fraction of sp³-hybridized carbons (Fsp3) is 0.556. The van der Waals surface area contributed by atoms with Gasteiger partial charge in [0, 0.05) is 25.6 Å². The van der Waals surface area contributed by atoms with E-state index in [0.717, 1.165) is 5.56 Å². The minimum Gasteiger partial charge on any atom is -0.339 e. The van der Waals surface area contributed by atoms with Crippen LogP contribution in [0.1, 0.15) is 33.3 Å². The second kappa shape index (κ2) is 6.51. The molecule has 2 rings (SSSR count). The second-order valence-corrected chi connectivity index (χ2v) is 6.52. The van der Waals surface area contributed by atoms with Gasteiger partial charge in [0.1, 0.15) is 5.54 Å². The topological polar surface area (TPSA) is 40.6 Å². The molecular weight excluding hydrogens is 276 g/mol. The lowest BCUT2D eigenvalue weighted by atomic mass is 9.93. The van der Waals surface area contributed by atoms with Crippen LogP contribution in [-0.2, 0) is 16.0 Å². The molecule has 1 heterocycles. The molecule has 1 saturated heterocycles. The van der Waals surface area contributed by atoms with Crippen LogP contribution in [0.25, 0.3) is 0 Å². The van der Waals surface area contributed by atoms with Crippen molar-refractivity contribution in [1.29, 1.82) is 0 Å². The molecule has 0 N–H and O–H groups in total. The summed E-state index contributed by atoms with van der Waals surface area (Å²) in [5.74, 6) is -0.0119. The summed E-state index contributed by atoms with van der Waals surface area (Å²) in [6.07, 6.45) is 0.706. The molecule has 2 amide bonds. The standard InChI is InChI=1S/C18H26N2O2/c1-5-19-11-12-20(18(3,4)17(19)22)16(21)14(2)13-15-9-7-6-8-10-15/h6-10,14H,5,11-13H2,1-4H3/t14-/m1/s1. The van der Waals surface area contributed by atoms with Crippen molar-refractivity contribution in [1.82, 2.24) is 9.80 Å². The number of carbonyl (C=O) groups is 2. The van der Waals surface area contributed by atoms with Gasteiger partial charge in [-0.15, -0.1) is 0 Å². The molecule has 1 aromatic carbocycles. The van der Waals surface area contributed by atoms with E-state index < -0.39 is 5.54 Å². The largest absolute Gasteiger partial charge is 0.339 e. The lowest BCUT2D eigenvalue weighted by Gasteiger charge is -2.46. The number of nitrogens with zero attached hydrogens (tertiary/aromatic N) is 2. The van der Waals surface area contributed by atoms with Crippen LogP contribution < -0.4 is 0 Å². The average molecular weight is 302 g/mol. The minimum atomic E-state index is -0.754. The van der Waals surface area contributed by atoms with Gasteiger partial charge in [-0.1, -0.05) is 37.3 Å². The maximum Gasteiger partial charge on any atom is 0.248 e. The van der Waals surface area contributed by atoms with Crippen LogP contribution >= 0.6 is 0 Å². The Morgan fingerprint density at radius 2 is 1.86 bits per heavy atom. The molecule has 4 nitrogen and oxygen atoms in total. The summed E-state index contributed by atoms with van der Waals surface area (Å²) in [5.41, 5.74) is 0.399. The van der Waals surface area contributed by atoms with Gasteiger partial charge in [0.15, 0.2) is 0 Å². The van der Waals surface area contributed by atoms with E-state index in [2.05, 4.69) is 0 Å². The molecule has 0 aromatic heterocycles. The molecule has 1 atom stereocenters. The predicted octanol–water partition coefficient (Wildman–Crippen LogP) is 2.33. The third kappa shape index (κ3) is 3.16. The van der Waals surface area contributed by atoms with E-state index in [1.807, 2.05) is 62.9 Å². The number of benzene rings is 1. The quantitative estimate of drug-likeness (QED) is 0.856. The Morgan fingerprint density at radius 1 is 1.23 bits per heavy atom. The fourth-order valence-corrected chi connectivity index (χ4v) is 3.11. The number of piperazine rings is 1. The fourth-order valence-electron chi connectivity index (χ4n) is 3.11. The molecule has 120 valence electrons. The van der Waals surface area contributed by atoms with E-state index in [-0.39, 0.29) is 17.7 Å². The molecule has 0 unspecified atom stereocenters. The van der Waals surface area contributed by atoms with Crippen LogP contribution in [0.5, 0.6) is 0 Å². The zero-order valence-electron chi connectivity index (χ0n) is 14.0. The van der Waals surface area contributed by atoms with Crippen LogP contribution in [0.3, 0.4) is 0 Å². The molecule has 1 fully saturated rings. The Kier molecular flexibility index (Phi) is 4.89. The predicted molar refractivity (Wildman–Crippen MR) is 87.4 cm³/mol. The SMILES string of the molecule is CCN1CCN(C(=O)[C@H](C)Cc2ccccc2)C(C)(C)C1=O. The second-order valence-electron chi connectivity index (χ2n) is 6.52. The van der Waals surface area contributed by atoms with Gasteiger partial charge >= 0.3 is 0 Å². The van der Waals surface area contributed by atoms with Gasteiger partial charge in [-0.3, -0.25) is 9.59 Å². The Labute approximate surface area is 133 Å². The van der Waals surface area contributed by atoms with E-state index in [1.165, 1.54) is 0 Å². The van der Waals surface area contributed by atoms with Crippen LogP contribution in [0, 0.1) is 5.92 Å². The van der Waals surface area contributed by atoms with Crippen molar-refractivity contribution in [3.63, 3.8) is 0 Å². The first kappa shape index (κ1) is 16.5. The summed E-state index contributed by atoms with van der Waals surface area (Å²) in [7, 11) is 0. The van der Waals surface area contributed by atoms with Gasteiger partial charge in [0.05, 0.1) is 0 Å². The smallest absolute Gasteiger partial charge is 0.248 e. The molecular formula is C18H26N2O2. The maximum atomic E-state index is 12.8. The van der Waals surface area contributed by atoms with Crippen LogP contribution in [0.4, 0.5) is 0 Å². The third-order valence-corrected chi connectivity index (χ3v) is 4.53. The summed E-state index contributed by atoms with van der Waals surface area (Å²) in [6, 6.07) is 10.0. The molecule has 1 aliphatic heterocycles. The first-order valence-electron chi connectivity index (χ1n) is 8.02. The highest BCUT2D eigenvalue weighted by Crippen LogP contribution is 2.25. The number of hydrogen-bond acceptors (Lipinski definition) is 2. The molecule has 1 aliphatic rings. The maximum absolute atomic E-state index is 12.8. The molecule has 4 heteroatoms. The van der Waals surface area contributed by atoms with Crippen molar-refractivity contribution in [3.05, 3.63) is 35.9 Å². The third-order valence-electron chi connectivity index (χ3n) is 4.53. The molecule has 0 bridgehead atoms. The van der Waals surface area contributed by atoms with E-state index in [4.69, 9.17) is 0 Å². The summed E-state index contributed by atoms with van der Waals surface area (Å²) >= 11 is 0. The lowest BCUT2D eigenvalue weighted by molar-refractivity contribution is -0.160. The van der Waals surface area contributed by atoms with Crippen molar-refractivity contribution in [2.75, 3.05) is 19.6 Å². The summed E-state index contributed by atoms with van der Waals surface area (Å²) in [4.78, 5) is 28.9. The van der Waals surface area contributed by atoms with Crippen LogP contribution in [-0.4, -0.2) is 46.8 Å². The zero-order chi connectivity index (χ0) is 16.3. The Hall–Kier alpha value is -1.84. The monoisotopic (exact) mass is 302 g/mol. The summed E-state index contributed by atoms with van der Waals surface area (Å²) in [5, 5.41) is 0. The summed E-state index contributed by atoms with van der Waals surface area (Å²) < 4.78 is 0. The van der Waals surface area contributed by atoms with E-state index in [0.29, 0.717) is 26.1 Å². The highest BCUT2D eigenvalue weighted by molar-refractivity contribution is 5.92. The average Bonchev–Trinajstić information content (AvgIpc) is 2.50. The Morgan fingerprint density at radius 3 is 2.45 bits per heavy atom. The first-order chi connectivity index (χ1) is 10.4. The molecule has 0 spiro atoms. The Balaban J connectivity index is 2.10. The van der Waals surface area contributed by atoms with Gasteiger partial charge in [-0.2, -0.15) is 0 Å². The number of rotatable bonds is 4. The van der Waals surface area contributed by atoms with Crippen LogP contribution in [0.15, 0.2) is 30.3 Å². The minimum absolute atomic E-state index is 0.0431. The normalized spacial score (nSPS) is 19.2. The Bertz CT molecular complexity index is 539. The number of carbonyl (C=O) groups excluding carboxylic acids is 2. The van der Waals surface area contributed by atoms with Gasteiger partial charge in [0.25, 0.3) is 0 Å². The summed E-state index contributed by atoms with van der Waals surface area (Å²) in [6.45, 7) is 9.57. The molecule has 22 heavy (non-hydrogen) atoms. The van der Waals surface area contributed by atoms with Gasteiger partial charge in [-0.25, -0.2) is 0 Å². The highest BCUT2D eigenvalue weighted by Gasteiger charge is 2.44. The molecule has 1 aromatic rings. The van der Waals surface area contributed by atoms with E-state index in [1.54, 1.807) is 4.90 Å². The first-order valence-corrected chi connectivity index (χ1v) is 8.02. The van der Waals surface area contributed by atoms with E-state index in [9.17, 15) is 9.59 Å². The number of hydrogen-bond donors (Lipinski definition) is 0. The van der Waals surface area contributed by atoms with Crippen molar-refractivity contribution in [2.24, 2.45) is 5.92 Å². The zero-order valence-corrected chi connectivity index (χ0v) is 14.0. The number of likely N-dealkylation sites (N-methyl/N-ethyl adjacent to an activating group) is 1. The van der Waals surface area contributed by atoms with Crippen LogP contribution in [0.2, 0.25) is 0 Å². The van der Waals surface area contributed by atoms with Crippen molar-refractivity contribution in [3.8, 4) is 0 Å². The van der Waals surface area contributed by atoms with Crippen molar-refractivity contribution >= 4 is 11.8 Å². The van der Waals surface area contributed by atoms with Crippen molar-refractivity contribution < 1.29 is 9.59 Å². The van der Waals surface area contributed by atoms with Crippen molar-refractivity contribution in [2.45, 2.75) is 39.7 Å². The lowest BCUT2D eigenvalue weighted by Crippen LogP contribution is -2.65. The van der Waals surface area contributed by atoms with Gasteiger partial charge < -0.3 is 9.80 Å².